The van der Waals surface area contributed by atoms with E-state index in [4.69, 9.17) is 4.74 Å². The largest absolute Gasteiger partial charge is 0.389 e. The number of carbonyl (C=O) groups is 1. The van der Waals surface area contributed by atoms with Gasteiger partial charge in [0.2, 0.25) is 5.91 Å². The molecule has 1 aromatic rings. The second kappa shape index (κ2) is 8.46. The highest BCUT2D eigenvalue weighted by atomic mass is 16.5. The summed E-state index contributed by atoms with van der Waals surface area (Å²) >= 11 is 0. The van der Waals surface area contributed by atoms with Gasteiger partial charge in [-0.3, -0.25) is 4.79 Å². The van der Waals surface area contributed by atoms with E-state index in [1.807, 2.05) is 49.1 Å². The van der Waals surface area contributed by atoms with Gasteiger partial charge in [-0.05, 0) is 18.4 Å². The average molecular weight is 319 g/mol. The third-order valence-corrected chi connectivity index (χ3v) is 4.50. The maximum Gasteiger partial charge on any atom is 0.225 e. The summed E-state index contributed by atoms with van der Waals surface area (Å²) in [5, 5.41) is 10.7. The molecular weight excluding hydrogens is 290 g/mol. The Balaban J connectivity index is 1.98. The van der Waals surface area contributed by atoms with Crippen molar-refractivity contribution in [3.8, 4) is 0 Å². The van der Waals surface area contributed by atoms with Gasteiger partial charge in [0.05, 0.1) is 25.2 Å². The minimum absolute atomic E-state index is 0.0404. The summed E-state index contributed by atoms with van der Waals surface area (Å²) in [4.78, 5) is 14.5. The number of ether oxygens (including phenoxy) is 1. The van der Waals surface area contributed by atoms with Crippen LogP contribution in [0.4, 0.5) is 0 Å². The van der Waals surface area contributed by atoms with Gasteiger partial charge in [0.1, 0.15) is 6.10 Å². The van der Waals surface area contributed by atoms with Crippen molar-refractivity contribution >= 4 is 5.91 Å². The summed E-state index contributed by atoms with van der Waals surface area (Å²) in [6.45, 7) is 5.81. The quantitative estimate of drug-likeness (QED) is 0.839. The van der Waals surface area contributed by atoms with Gasteiger partial charge in [0, 0.05) is 6.54 Å². The molecular formula is C19H29NO3. The summed E-state index contributed by atoms with van der Waals surface area (Å²) in [5.41, 5.74) is 0.239. The second-order valence-electron chi connectivity index (χ2n) is 6.51. The normalized spacial score (nSPS) is 18.9. The summed E-state index contributed by atoms with van der Waals surface area (Å²) in [7, 11) is 0. The van der Waals surface area contributed by atoms with E-state index in [2.05, 4.69) is 0 Å². The number of amides is 1. The number of nitrogens with zero attached hydrogens (tertiary/aromatic N) is 1. The Bertz CT molecular complexity index is 483. The molecule has 1 aliphatic heterocycles. The predicted molar refractivity (Wildman–Crippen MR) is 91.1 cm³/mol. The lowest BCUT2D eigenvalue weighted by Gasteiger charge is -2.36. The lowest BCUT2D eigenvalue weighted by Crippen LogP contribution is -2.45. The first kappa shape index (κ1) is 18.0. The Hall–Kier alpha value is -1.39. The highest BCUT2D eigenvalue weighted by Gasteiger charge is 2.32. The molecule has 0 aromatic heterocycles. The minimum atomic E-state index is -0.860. The smallest absolute Gasteiger partial charge is 0.225 e. The number of hydrogen-bond acceptors (Lipinski definition) is 3. The zero-order valence-corrected chi connectivity index (χ0v) is 14.3. The second-order valence-corrected chi connectivity index (χ2v) is 6.51. The van der Waals surface area contributed by atoms with Gasteiger partial charge in [-0.15, -0.1) is 0 Å². The maximum atomic E-state index is 12.7. The molecule has 1 aliphatic rings. The van der Waals surface area contributed by atoms with E-state index in [1.165, 1.54) is 0 Å². The fourth-order valence-corrected chi connectivity index (χ4v) is 3.37. The zero-order chi connectivity index (χ0) is 16.7. The van der Waals surface area contributed by atoms with Gasteiger partial charge >= 0.3 is 0 Å². The molecule has 1 atom stereocenters. The Morgan fingerprint density at radius 1 is 1.26 bits per heavy atom. The first-order valence-electron chi connectivity index (χ1n) is 8.74. The first-order valence-corrected chi connectivity index (χ1v) is 8.74. The van der Waals surface area contributed by atoms with Crippen molar-refractivity contribution < 1.29 is 14.6 Å². The van der Waals surface area contributed by atoms with Crippen LogP contribution in [0.15, 0.2) is 30.3 Å². The minimum Gasteiger partial charge on any atom is -0.389 e. The molecule has 1 N–H and O–H groups in total. The third kappa shape index (κ3) is 5.05. The van der Waals surface area contributed by atoms with Crippen molar-refractivity contribution in [1.82, 2.24) is 4.90 Å². The summed E-state index contributed by atoms with van der Waals surface area (Å²) in [6.07, 6.45) is 3.28. The number of morpholine rings is 1. The van der Waals surface area contributed by atoms with Crippen LogP contribution < -0.4 is 0 Å². The number of benzene rings is 1. The lowest BCUT2D eigenvalue weighted by atomic mass is 9.88. The molecule has 0 saturated carbocycles. The lowest BCUT2D eigenvalue weighted by molar-refractivity contribution is -0.144. The molecule has 1 amide bonds. The summed E-state index contributed by atoms with van der Waals surface area (Å²) in [6, 6.07) is 10.0. The highest BCUT2D eigenvalue weighted by Crippen LogP contribution is 2.27. The highest BCUT2D eigenvalue weighted by molar-refractivity contribution is 5.77. The molecule has 0 spiro atoms. The van der Waals surface area contributed by atoms with Gasteiger partial charge in [0.15, 0.2) is 0 Å². The van der Waals surface area contributed by atoms with E-state index in [-0.39, 0.29) is 18.4 Å². The van der Waals surface area contributed by atoms with Crippen molar-refractivity contribution in [3.05, 3.63) is 35.9 Å². The molecule has 1 heterocycles. The molecule has 1 fully saturated rings. The van der Waals surface area contributed by atoms with Crippen LogP contribution in [0.25, 0.3) is 0 Å². The van der Waals surface area contributed by atoms with E-state index in [0.29, 0.717) is 32.5 Å². The van der Waals surface area contributed by atoms with Gasteiger partial charge in [-0.2, -0.15) is 0 Å². The molecule has 0 bridgehead atoms. The SMILES string of the molecule is CCCC(O)(CCC)CC(=O)N1CCOC(c2ccccc2)C1. The van der Waals surface area contributed by atoms with Gasteiger partial charge < -0.3 is 14.7 Å². The third-order valence-electron chi connectivity index (χ3n) is 4.50. The van der Waals surface area contributed by atoms with Crippen LogP contribution >= 0.6 is 0 Å². The molecule has 1 unspecified atom stereocenters. The zero-order valence-electron chi connectivity index (χ0n) is 14.3. The molecule has 23 heavy (non-hydrogen) atoms. The predicted octanol–water partition coefficient (Wildman–Crippen LogP) is 3.31. The number of aliphatic hydroxyl groups is 1. The molecule has 4 heteroatoms. The Morgan fingerprint density at radius 3 is 2.52 bits per heavy atom. The summed E-state index contributed by atoms with van der Waals surface area (Å²) < 4.78 is 5.81. The molecule has 0 radical (unpaired) electrons. The topological polar surface area (TPSA) is 49.8 Å². The van der Waals surface area contributed by atoms with E-state index in [1.54, 1.807) is 0 Å². The maximum absolute atomic E-state index is 12.7. The molecule has 4 nitrogen and oxygen atoms in total. The van der Waals surface area contributed by atoms with Crippen LogP contribution in [-0.2, 0) is 9.53 Å². The number of carbonyl (C=O) groups excluding carboxylic acids is 1. The Kier molecular flexibility index (Phi) is 6.60. The Labute approximate surface area is 139 Å². The van der Waals surface area contributed by atoms with E-state index in [0.717, 1.165) is 18.4 Å². The van der Waals surface area contributed by atoms with Crippen LogP contribution in [0.5, 0.6) is 0 Å². The van der Waals surface area contributed by atoms with Crippen LogP contribution in [0.2, 0.25) is 0 Å². The van der Waals surface area contributed by atoms with Gasteiger partial charge in [-0.25, -0.2) is 0 Å². The standard InChI is InChI=1S/C19H29NO3/c1-3-10-19(22,11-4-2)14-18(21)20-12-13-23-17(15-20)16-8-6-5-7-9-16/h5-9,17,22H,3-4,10-15H2,1-2H3. The fraction of sp³-hybridized carbons (Fsp3) is 0.632. The van der Waals surface area contributed by atoms with Gasteiger partial charge in [0.25, 0.3) is 0 Å². The van der Waals surface area contributed by atoms with Crippen LogP contribution in [0.1, 0.15) is 57.6 Å². The molecule has 1 aromatic carbocycles. The fourth-order valence-electron chi connectivity index (χ4n) is 3.37. The van der Waals surface area contributed by atoms with E-state index in [9.17, 15) is 9.90 Å². The molecule has 1 saturated heterocycles. The average Bonchev–Trinajstić information content (AvgIpc) is 2.56. The van der Waals surface area contributed by atoms with Crippen molar-refractivity contribution in [3.63, 3.8) is 0 Å². The Morgan fingerprint density at radius 2 is 1.91 bits per heavy atom. The van der Waals surface area contributed by atoms with Crippen molar-refractivity contribution in [1.29, 1.82) is 0 Å². The number of rotatable bonds is 7. The van der Waals surface area contributed by atoms with E-state index >= 15 is 0 Å². The monoisotopic (exact) mass is 319 g/mol. The van der Waals surface area contributed by atoms with Crippen molar-refractivity contribution in [2.24, 2.45) is 0 Å². The van der Waals surface area contributed by atoms with Gasteiger partial charge in [-0.1, -0.05) is 57.0 Å². The molecule has 0 aliphatic carbocycles. The van der Waals surface area contributed by atoms with Crippen LogP contribution in [0.3, 0.4) is 0 Å². The molecule has 128 valence electrons. The number of hydrogen-bond donors (Lipinski definition) is 1. The van der Waals surface area contributed by atoms with Crippen molar-refractivity contribution in [2.45, 2.75) is 57.7 Å². The summed E-state index contributed by atoms with van der Waals surface area (Å²) in [5.74, 6) is 0.0404. The molecule has 2 rings (SSSR count). The van der Waals surface area contributed by atoms with Crippen molar-refractivity contribution in [2.75, 3.05) is 19.7 Å². The van der Waals surface area contributed by atoms with E-state index < -0.39 is 5.60 Å². The van der Waals surface area contributed by atoms with Crippen LogP contribution in [0, 0.1) is 0 Å². The van der Waals surface area contributed by atoms with Crippen LogP contribution in [-0.4, -0.2) is 41.2 Å². The first-order chi connectivity index (χ1) is 11.1.